The van der Waals surface area contributed by atoms with Crippen molar-refractivity contribution in [2.45, 2.75) is 113 Å². The van der Waals surface area contributed by atoms with Crippen molar-refractivity contribution < 1.29 is 64.6 Å². The minimum atomic E-state index is -5.81. The van der Waals surface area contributed by atoms with Crippen LogP contribution in [0.3, 0.4) is 0 Å². The standard InChI is InChI=1S/C53H60F2O12SSi/c1-29(49(58)65-28-53(54,55)68(60,61)62)13-30-9-11-41-40-7-5-6-8-45(40)69(46(41)24-30)39-10-12-44(63-4)42(25-39)43(26-47(56)66-51(2)35-16-31-14-32(18-35)19-36(51)17-31)50(59)64-27-48(57)67-52(3)37-20-33-15-34(22-37)23-38(52)21-33/h5-12,24-25,31-38,43,69H,1,13-23,26-28H2,2-4H3,(H,60,61,62). The molecule has 0 spiro atoms. The summed E-state index contributed by atoms with van der Waals surface area (Å²) in [7, 11) is -6.75. The number of halogens is 2. The molecule has 1 heterocycles. The second kappa shape index (κ2) is 17.7. The molecule has 2 atom stereocenters. The molecule has 9 aliphatic rings. The van der Waals surface area contributed by atoms with Gasteiger partial charge in [-0.1, -0.05) is 66.4 Å². The zero-order valence-electron chi connectivity index (χ0n) is 39.3. The number of methoxy groups -OCH3 is 1. The van der Waals surface area contributed by atoms with Gasteiger partial charge in [-0.15, -0.1) is 0 Å². The summed E-state index contributed by atoms with van der Waals surface area (Å²) in [6, 6.07) is 19.2. The first-order valence-corrected chi connectivity index (χ1v) is 27.6. The molecule has 1 aliphatic heterocycles. The molecule has 8 saturated carbocycles. The van der Waals surface area contributed by atoms with Crippen LogP contribution in [0.2, 0.25) is 0 Å². The van der Waals surface area contributed by atoms with E-state index in [1.165, 1.54) is 20.0 Å². The maximum absolute atomic E-state index is 14.7. The first-order valence-electron chi connectivity index (χ1n) is 24.4. The number of carbonyl (C=O) groups is 4. The van der Waals surface area contributed by atoms with E-state index in [1.807, 2.05) is 55.5 Å². The summed E-state index contributed by atoms with van der Waals surface area (Å²) in [5, 5.41) is -1.80. The summed E-state index contributed by atoms with van der Waals surface area (Å²) in [5.74, 6) is -0.336. The summed E-state index contributed by atoms with van der Waals surface area (Å²) in [6.07, 6.45) is 10.3. The van der Waals surface area contributed by atoms with Crippen molar-refractivity contribution in [3.05, 3.63) is 83.9 Å². The Bertz CT molecular complexity index is 2660. The van der Waals surface area contributed by atoms with E-state index in [0.717, 1.165) is 78.1 Å². The van der Waals surface area contributed by atoms with Gasteiger partial charge in [0.1, 0.15) is 25.7 Å². The van der Waals surface area contributed by atoms with Crippen LogP contribution in [0.15, 0.2) is 72.8 Å². The quantitative estimate of drug-likeness (QED) is 0.0422. The highest BCUT2D eigenvalue weighted by Gasteiger charge is 2.58. The van der Waals surface area contributed by atoms with E-state index in [-0.39, 0.29) is 42.1 Å². The van der Waals surface area contributed by atoms with Gasteiger partial charge in [0.2, 0.25) is 0 Å². The van der Waals surface area contributed by atoms with E-state index in [2.05, 4.69) is 18.2 Å². The molecule has 8 bridgehead atoms. The van der Waals surface area contributed by atoms with Crippen LogP contribution in [-0.2, 0) is 54.7 Å². The van der Waals surface area contributed by atoms with E-state index >= 15 is 0 Å². The largest absolute Gasteiger partial charge is 0.496 e. The number of esters is 4. The first kappa shape index (κ1) is 47.7. The SMILES string of the molecule is C=C(Cc1ccc2c(c1)[SiH](c1ccc(OC)c(C(CC(=O)OC3(C)C4CC5CC(C4)CC3C5)C(=O)OCC(=O)OC3(C)C4CC5CC(C4)CC3C5)c1)c1ccccc1-2)C(=O)OCC(F)(F)S(=O)(=O)O. The zero-order valence-corrected chi connectivity index (χ0v) is 41.2. The van der Waals surface area contributed by atoms with Crippen LogP contribution in [0.5, 0.6) is 5.75 Å². The lowest BCUT2D eigenvalue weighted by Crippen LogP contribution is -2.58. The Balaban J connectivity index is 0.934. The molecular formula is C53H60F2O12SSi. The van der Waals surface area contributed by atoms with Crippen molar-refractivity contribution in [1.82, 2.24) is 0 Å². The van der Waals surface area contributed by atoms with Crippen LogP contribution in [0.25, 0.3) is 11.1 Å². The van der Waals surface area contributed by atoms with Crippen molar-refractivity contribution in [3.63, 3.8) is 0 Å². The lowest BCUT2D eigenvalue weighted by Gasteiger charge is -2.59. The predicted octanol–water partition coefficient (Wildman–Crippen LogP) is 6.58. The number of carbonyl (C=O) groups excluding carboxylic acids is 4. The van der Waals surface area contributed by atoms with E-state index in [4.69, 9.17) is 23.5 Å². The fraction of sp³-hybridized carbons (Fsp3) is 0.547. The molecule has 368 valence electrons. The van der Waals surface area contributed by atoms with Crippen LogP contribution in [-0.4, -0.2) is 82.4 Å². The molecule has 8 fully saturated rings. The summed E-state index contributed by atoms with van der Waals surface area (Å²) in [6.45, 7) is 5.32. The van der Waals surface area contributed by atoms with Crippen LogP contribution in [0.4, 0.5) is 8.78 Å². The highest BCUT2D eigenvalue weighted by molar-refractivity contribution is 7.86. The molecule has 69 heavy (non-hydrogen) atoms. The molecule has 8 aliphatic carbocycles. The van der Waals surface area contributed by atoms with E-state index < -0.39 is 78.4 Å². The summed E-state index contributed by atoms with van der Waals surface area (Å²) < 4.78 is 87.8. The minimum Gasteiger partial charge on any atom is -0.496 e. The topological polar surface area (TPSA) is 169 Å². The van der Waals surface area contributed by atoms with Crippen molar-refractivity contribution >= 4 is 58.4 Å². The number of fused-ring (bicyclic) bond motifs is 3. The third kappa shape index (κ3) is 8.74. The van der Waals surface area contributed by atoms with Crippen molar-refractivity contribution in [2.24, 2.45) is 47.3 Å². The van der Waals surface area contributed by atoms with Crippen molar-refractivity contribution in [2.75, 3.05) is 20.3 Å². The smallest absolute Gasteiger partial charge is 0.402 e. The van der Waals surface area contributed by atoms with Crippen molar-refractivity contribution in [1.29, 1.82) is 0 Å². The Morgan fingerprint density at radius 2 is 1.30 bits per heavy atom. The number of hydrogen-bond donors (Lipinski definition) is 1. The van der Waals surface area contributed by atoms with Gasteiger partial charge in [-0.05, 0) is 159 Å². The van der Waals surface area contributed by atoms with Crippen LogP contribution in [0.1, 0.15) is 102 Å². The van der Waals surface area contributed by atoms with Gasteiger partial charge in [0.15, 0.2) is 13.2 Å². The summed E-state index contributed by atoms with van der Waals surface area (Å²) in [5.41, 5.74) is 1.46. The highest BCUT2D eigenvalue weighted by atomic mass is 32.2. The molecule has 3 aromatic carbocycles. The molecule has 0 amide bonds. The minimum absolute atomic E-state index is 0.114. The second-order valence-electron chi connectivity index (χ2n) is 21.7. The third-order valence-corrected chi connectivity index (χ3v) is 21.7. The fourth-order valence-electron chi connectivity index (χ4n) is 14.4. The summed E-state index contributed by atoms with van der Waals surface area (Å²) >= 11 is 0. The van der Waals surface area contributed by atoms with E-state index in [9.17, 15) is 36.4 Å². The Labute approximate surface area is 403 Å². The number of hydrogen-bond acceptors (Lipinski definition) is 11. The van der Waals surface area contributed by atoms with Gasteiger partial charge in [0, 0.05) is 17.6 Å². The average molecular weight is 987 g/mol. The van der Waals surface area contributed by atoms with Gasteiger partial charge in [-0.3, -0.25) is 14.1 Å². The molecule has 1 N–H and O–H groups in total. The van der Waals surface area contributed by atoms with Gasteiger partial charge in [0.05, 0.1) is 19.4 Å². The second-order valence-corrected chi connectivity index (χ2v) is 26.0. The predicted molar refractivity (Wildman–Crippen MR) is 253 cm³/mol. The zero-order chi connectivity index (χ0) is 48.8. The Morgan fingerprint density at radius 3 is 1.87 bits per heavy atom. The van der Waals surface area contributed by atoms with E-state index in [1.54, 1.807) is 12.1 Å². The molecule has 3 aromatic rings. The van der Waals surface area contributed by atoms with Crippen LogP contribution < -0.4 is 20.3 Å². The van der Waals surface area contributed by atoms with Gasteiger partial charge in [-0.25, -0.2) is 9.59 Å². The van der Waals surface area contributed by atoms with Gasteiger partial charge in [0.25, 0.3) is 0 Å². The molecular weight excluding hydrogens is 927 g/mol. The average Bonchev–Trinajstić information content (AvgIpc) is 3.62. The van der Waals surface area contributed by atoms with E-state index in [0.29, 0.717) is 40.5 Å². The third-order valence-electron chi connectivity index (χ3n) is 17.6. The Hall–Kier alpha value is -4.93. The molecule has 0 saturated heterocycles. The number of ether oxygens (including phenoxy) is 5. The first-order chi connectivity index (χ1) is 32.7. The molecule has 16 heteroatoms. The molecule has 0 radical (unpaired) electrons. The lowest BCUT2D eigenvalue weighted by atomic mass is 9.50. The highest BCUT2D eigenvalue weighted by Crippen LogP contribution is 2.61. The Morgan fingerprint density at radius 1 is 0.754 bits per heavy atom. The maximum Gasteiger partial charge on any atom is 0.402 e. The van der Waals surface area contributed by atoms with Gasteiger partial charge >= 0.3 is 39.2 Å². The normalized spacial score (nSPS) is 31.6. The van der Waals surface area contributed by atoms with Crippen LogP contribution in [0, 0.1) is 47.3 Å². The number of benzene rings is 3. The summed E-state index contributed by atoms with van der Waals surface area (Å²) in [4.78, 5) is 55.5. The lowest BCUT2D eigenvalue weighted by molar-refractivity contribution is -0.207. The molecule has 12 rings (SSSR count). The van der Waals surface area contributed by atoms with Gasteiger partial charge < -0.3 is 23.7 Å². The maximum atomic E-state index is 14.7. The van der Waals surface area contributed by atoms with Gasteiger partial charge in [-0.2, -0.15) is 17.2 Å². The molecule has 12 nitrogen and oxygen atoms in total. The molecule has 0 aromatic heterocycles. The van der Waals surface area contributed by atoms with Crippen LogP contribution >= 0.6 is 0 Å². The Kier molecular flexibility index (Phi) is 12.3. The monoisotopic (exact) mass is 986 g/mol. The number of alkyl halides is 2. The fourth-order valence-corrected chi connectivity index (χ4v) is 18.1. The van der Waals surface area contributed by atoms with Crippen molar-refractivity contribution in [3.8, 4) is 16.9 Å². The number of rotatable bonds is 16. The molecule has 2 unspecified atom stereocenters.